The van der Waals surface area contributed by atoms with E-state index in [2.05, 4.69) is 10.6 Å². The van der Waals surface area contributed by atoms with Gasteiger partial charge in [-0.15, -0.1) is 0 Å². The SMILES string of the molecule is N#CCC(=O)Nc1ccc(C(=O)OCC(=O)NC(=O)Nc2ccccc2F)cc1. The van der Waals surface area contributed by atoms with E-state index >= 15 is 0 Å². The molecular weight excluding hydrogens is 383 g/mol. The summed E-state index contributed by atoms with van der Waals surface area (Å²) in [5.74, 6) is -2.90. The van der Waals surface area contributed by atoms with Crippen molar-refractivity contribution in [2.75, 3.05) is 17.2 Å². The van der Waals surface area contributed by atoms with Crippen LogP contribution in [0.1, 0.15) is 16.8 Å². The standard InChI is InChI=1S/C19H15FN4O5/c20-14-3-1-2-4-15(14)23-19(28)24-17(26)11-29-18(27)12-5-7-13(8-6-12)22-16(25)9-10-21/h1-8H,9,11H2,(H,22,25)(H2,23,24,26,28). The van der Waals surface area contributed by atoms with Gasteiger partial charge in [0.05, 0.1) is 17.3 Å². The van der Waals surface area contributed by atoms with Crippen LogP contribution in [0.5, 0.6) is 0 Å². The molecule has 0 atom stereocenters. The molecule has 9 nitrogen and oxygen atoms in total. The number of benzene rings is 2. The van der Waals surface area contributed by atoms with Gasteiger partial charge in [0.15, 0.2) is 6.61 Å². The zero-order valence-electron chi connectivity index (χ0n) is 14.9. The van der Waals surface area contributed by atoms with E-state index < -0.39 is 36.2 Å². The molecule has 148 valence electrons. The van der Waals surface area contributed by atoms with Crippen LogP contribution < -0.4 is 16.0 Å². The van der Waals surface area contributed by atoms with Crippen molar-refractivity contribution >= 4 is 35.2 Å². The molecule has 2 aromatic rings. The molecule has 0 saturated heterocycles. The predicted octanol–water partition coefficient (Wildman–Crippen LogP) is 2.18. The number of para-hydroxylation sites is 1. The lowest BCUT2D eigenvalue weighted by molar-refractivity contribution is -0.123. The highest BCUT2D eigenvalue weighted by Gasteiger charge is 2.14. The molecule has 10 heteroatoms. The molecular formula is C19H15FN4O5. The number of nitriles is 1. The number of ether oxygens (including phenoxy) is 1. The van der Waals surface area contributed by atoms with E-state index in [0.29, 0.717) is 5.69 Å². The Labute approximate surface area is 164 Å². The molecule has 0 bridgehead atoms. The van der Waals surface area contributed by atoms with Crippen LogP contribution in [-0.4, -0.2) is 30.4 Å². The van der Waals surface area contributed by atoms with Gasteiger partial charge in [-0.05, 0) is 36.4 Å². The van der Waals surface area contributed by atoms with E-state index in [1.165, 1.54) is 42.5 Å². The second kappa shape index (κ2) is 10.2. The van der Waals surface area contributed by atoms with Crippen LogP contribution in [0.2, 0.25) is 0 Å². The maximum atomic E-state index is 13.4. The van der Waals surface area contributed by atoms with E-state index in [1.54, 1.807) is 6.07 Å². The van der Waals surface area contributed by atoms with Crippen molar-refractivity contribution in [1.82, 2.24) is 5.32 Å². The molecule has 0 fully saturated rings. The molecule has 0 heterocycles. The minimum Gasteiger partial charge on any atom is -0.452 e. The van der Waals surface area contributed by atoms with Gasteiger partial charge in [-0.1, -0.05) is 12.1 Å². The van der Waals surface area contributed by atoms with Gasteiger partial charge >= 0.3 is 12.0 Å². The fourth-order valence-electron chi connectivity index (χ4n) is 2.06. The van der Waals surface area contributed by atoms with E-state index in [1.807, 2.05) is 5.32 Å². The fourth-order valence-corrected chi connectivity index (χ4v) is 2.06. The Bertz CT molecular complexity index is 969. The Kier molecular flexibility index (Phi) is 7.38. The van der Waals surface area contributed by atoms with Crippen molar-refractivity contribution in [1.29, 1.82) is 5.26 Å². The lowest BCUT2D eigenvalue weighted by Crippen LogP contribution is -2.37. The average Bonchev–Trinajstić information content (AvgIpc) is 2.68. The maximum absolute atomic E-state index is 13.4. The number of nitrogens with zero attached hydrogens (tertiary/aromatic N) is 1. The summed E-state index contributed by atoms with van der Waals surface area (Å²) in [6.07, 6.45) is -0.302. The number of hydrogen-bond donors (Lipinski definition) is 3. The summed E-state index contributed by atoms with van der Waals surface area (Å²) in [4.78, 5) is 46.6. The molecule has 4 amide bonds. The van der Waals surface area contributed by atoms with Crippen LogP contribution >= 0.6 is 0 Å². The number of anilines is 2. The number of amides is 4. The van der Waals surface area contributed by atoms with Crippen molar-refractivity contribution in [3.8, 4) is 6.07 Å². The number of carbonyl (C=O) groups is 4. The van der Waals surface area contributed by atoms with Crippen molar-refractivity contribution in [3.63, 3.8) is 0 Å². The van der Waals surface area contributed by atoms with E-state index in [0.717, 1.165) is 6.07 Å². The Hall–Kier alpha value is -4.26. The average molecular weight is 398 g/mol. The summed E-state index contributed by atoms with van der Waals surface area (Å²) in [6, 6.07) is 11.7. The van der Waals surface area contributed by atoms with Gasteiger partial charge < -0.3 is 15.4 Å². The van der Waals surface area contributed by atoms with E-state index in [-0.39, 0.29) is 17.7 Å². The Balaban J connectivity index is 1.80. The first-order chi connectivity index (χ1) is 13.9. The first-order valence-corrected chi connectivity index (χ1v) is 8.18. The van der Waals surface area contributed by atoms with Gasteiger partial charge in [0.1, 0.15) is 12.2 Å². The highest BCUT2D eigenvalue weighted by molar-refractivity contribution is 6.02. The second-order valence-electron chi connectivity index (χ2n) is 5.52. The summed E-state index contributed by atoms with van der Waals surface area (Å²) in [7, 11) is 0. The molecule has 2 rings (SSSR count). The third-order valence-electron chi connectivity index (χ3n) is 3.35. The first-order valence-electron chi connectivity index (χ1n) is 8.18. The lowest BCUT2D eigenvalue weighted by Gasteiger charge is -2.08. The first kappa shape index (κ1) is 21.0. The van der Waals surface area contributed by atoms with Crippen LogP contribution in [0.25, 0.3) is 0 Å². The Morgan fingerprint density at radius 3 is 2.31 bits per heavy atom. The number of halogens is 1. The van der Waals surface area contributed by atoms with Gasteiger partial charge in [-0.25, -0.2) is 14.0 Å². The number of nitrogens with one attached hydrogen (secondary N) is 3. The zero-order chi connectivity index (χ0) is 21.2. The van der Waals surface area contributed by atoms with Crippen molar-refractivity contribution in [3.05, 3.63) is 59.9 Å². The molecule has 0 saturated carbocycles. The number of rotatable bonds is 6. The van der Waals surface area contributed by atoms with Crippen molar-refractivity contribution in [2.45, 2.75) is 6.42 Å². The monoisotopic (exact) mass is 398 g/mol. The lowest BCUT2D eigenvalue weighted by atomic mass is 10.2. The largest absolute Gasteiger partial charge is 0.452 e. The molecule has 0 aliphatic rings. The molecule has 0 aliphatic carbocycles. The summed E-state index contributed by atoms with van der Waals surface area (Å²) >= 11 is 0. The highest BCUT2D eigenvalue weighted by atomic mass is 19.1. The summed E-state index contributed by atoms with van der Waals surface area (Å²) in [6.45, 7) is -0.732. The summed E-state index contributed by atoms with van der Waals surface area (Å²) in [5.41, 5.74) is 0.369. The number of hydrogen-bond acceptors (Lipinski definition) is 6. The molecule has 2 aromatic carbocycles. The quantitative estimate of drug-likeness (QED) is 0.638. The molecule has 3 N–H and O–H groups in total. The topological polar surface area (TPSA) is 137 Å². The molecule has 0 radical (unpaired) electrons. The van der Waals surface area contributed by atoms with Crippen LogP contribution in [0.4, 0.5) is 20.6 Å². The van der Waals surface area contributed by atoms with Crippen LogP contribution in [-0.2, 0) is 14.3 Å². The van der Waals surface area contributed by atoms with Gasteiger partial charge in [0.25, 0.3) is 5.91 Å². The summed E-state index contributed by atoms with van der Waals surface area (Å²) in [5, 5.41) is 14.9. The Morgan fingerprint density at radius 2 is 1.66 bits per heavy atom. The third-order valence-corrected chi connectivity index (χ3v) is 3.35. The minimum atomic E-state index is -0.978. The number of carbonyl (C=O) groups excluding carboxylic acids is 4. The van der Waals surface area contributed by atoms with Gasteiger partial charge in [-0.3, -0.25) is 14.9 Å². The predicted molar refractivity (Wildman–Crippen MR) is 99.1 cm³/mol. The molecule has 0 spiro atoms. The molecule has 29 heavy (non-hydrogen) atoms. The third kappa shape index (κ3) is 6.76. The Morgan fingerprint density at radius 1 is 0.966 bits per heavy atom. The second-order valence-corrected chi connectivity index (χ2v) is 5.52. The van der Waals surface area contributed by atoms with E-state index in [4.69, 9.17) is 10.00 Å². The molecule has 0 unspecified atom stereocenters. The van der Waals surface area contributed by atoms with Crippen LogP contribution in [0.3, 0.4) is 0 Å². The number of esters is 1. The normalized spacial score (nSPS) is 9.66. The minimum absolute atomic E-state index is 0.104. The van der Waals surface area contributed by atoms with Gasteiger partial charge in [-0.2, -0.15) is 5.26 Å². The molecule has 0 aliphatic heterocycles. The summed E-state index contributed by atoms with van der Waals surface area (Å²) < 4.78 is 18.2. The smallest absolute Gasteiger partial charge is 0.338 e. The number of urea groups is 1. The maximum Gasteiger partial charge on any atom is 0.338 e. The van der Waals surface area contributed by atoms with Crippen LogP contribution in [0, 0.1) is 17.1 Å². The zero-order valence-corrected chi connectivity index (χ0v) is 14.9. The van der Waals surface area contributed by atoms with E-state index in [9.17, 15) is 23.6 Å². The van der Waals surface area contributed by atoms with Gasteiger partial charge in [0.2, 0.25) is 5.91 Å². The molecule has 0 aromatic heterocycles. The fraction of sp³-hybridized carbons (Fsp3) is 0.105. The van der Waals surface area contributed by atoms with Crippen molar-refractivity contribution in [2.24, 2.45) is 0 Å². The highest BCUT2D eigenvalue weighted by Crippen LogP contribution is 2.12. The van der Waals surface area contributed by atoms with Crippen LogP contribution in [0.15, 0.2) is 48.5 Å². The number of imide groups is 1. The van der Waals surface area contributed by atoms with Crippen molar-refractivity contribution < 1.29 is 28.3 Å². The van der Waals surface area contributed by atoms with Gasteiger partial charge in [0, 0.05) is 5.69 Å².